The van der Waals surface area contributed by atoms with E-state index in [1.54, 1.807) is 60.7 Å². The van der Waals surface area contributed by atoms with Crippen molar-refractivity contribution in [2.75, 3.05) is 11.1 Å². The monoisotopic (exact) mass is 810 g/mol. The van der Waals surface area contributed by atoms with Crippen molar-refractivity contribution >= 4 is 83.9 Å². The number of phenols is 1. The first-order chi connectivity index (χ1) is 27.1. The van der Waals surface area contributed by atoms with E-state index in [1.807, 2.05) is 19.9 Å². The summed E-state index contributed by atoms with van der Waals surface area (Å²) in [5.74, 6) is -0.867. The van der Waals surface area contributed by atoms with Gasteiger partial charge in [-0.25, -0.2) is 0 Å². The molecule has 294 valence electrons. The van der Waals surface area contributed by atoms with Crippen LogP contribution in [0.3, 0.4) is 0 Å². The summed E-state index contributed by atoms with van der Waals surface area (Å²) in [4.78, 5) is 12.3. The van der Waals surface area contributed by atoms with E-state index in [0.717, 1.165) is 11.1 Å². The van der Waals surface area contributed by atoms with Crippen molar-refractivity contribution < 1.29 is 37.2 Å². The molecule has 0 aliphatic rings. The van der Waals surface area contributed by atoms with Crippen molar-refractivity contribution in [1.82, 2.24) is 0 Å². The normalized spacial score (nSPS) is 12.9. The Bertz CT molecular complexity index is 2520. The molecule has 0 aliphatic heterocycles. The number of nitrogens with two attached hydrogens (primary N) is 1. The van der Waals surface area contributed by atoms with Crippen molar-refractivity contribution in [2.45, 2.75) is 36.5 Å². The fourth-order valence-corrected chi connectivity index (χ4v) is 6.78. The summed E-state index contributed by atoms with van der Waals surface area (Å²) < 4.78 is 59.2. The van der Waals surface area contributed by atoms with Crippen LogP contribution in [0.5, 0.6) is 5.75 Å². The molecular formula is C39H38N8O8S2. The molecule has 0 unspecified atom stereocenters. The second-order valence-electron chi connectivity index (χ2n) is 12.5. The smallest absolute Gasteiger partial charge is 0.255 e. The maximum Gasteiger partial charge on any atom is 0.255 e. The van der Waals surface area contributed by atoms with Gasteiger partial charge in [-0.2, -0.15) is 25.6 Å². The van der Waals surface area contributed by atoms with Gasteiger partial charge in [0.2, 0.25) is 0 Å². The van der Waals surface area contributed by atoms with Crippen LogP contribution in [0.15, 0.2) is 150 Å². The number of hydrogen-bond acceptors (Lipinski definition) is 15. The van der Waals surface area contributed by atoms with Gasteiger partial charge in [0.05, 0.1) is 38.2 Å². The minimum absolute atomic E-state index is 0.0237. The molecule has 0 spiro atoms. The number of carbonyl (C=O) groups excluding carboxylic acids is 1. The molecule has 6 aromatic carbocycles. The van der Waals surface area contributed by atoms with E-state index in [-0.39, 0.29) is 21.4 Å². The predicted octanol–water partition coefficient (Wildman–Crippen LogP) is 12.9. The Morgan fingerprint density at radius 2 is 1.12 bits per heavy atom. The third kappa shape index (κ3) is 9.84. The second kappa shape index (κ2) is 17.0. The molecule has 10 N–H and O–H groups in total. The Hall–Kier alpha value is -6.09. The number of rotatable bonds is 12. The first kappa shape index (κ1) is 40.6. The minimum atomic E-state index is -4.40. The van der Waals surface area contributed by atoms with Crippen LogP contribution < -0.4 is 11.1 Å². The van der Waals surface area contributed by atoms with E-state index in [0.29, 0.717) is 58.2 Å². The van der Waals surface area contributed by atoms with Gasteiger partial charge < -0.3 is 43.5 Å². The molecule has 0 aliphatic carbocycles. The second-order valence-corrected chi connectivity index (χ2v) is 15.5. The van der Waals surface area contributed by atoms with Crippen LogP contribution in [0.4, 0.5) is 45.5 Å². The number of amides is 1. The van der Waals surface area contributed by atoms with Crippen LogP contribution in [0.1, 0.15) is 35.3 Å². The zero-order valence-corrected chi connectivity index (χ0v) is 32.1. The molecule has 6 aromatic rings. The van der Waals surface area contributed by atoms with Crippen LogP contribution in [-0.4, -0.2) is 38.3 Å². The molecule has 0 radical (unpaired) electrons. The molecule has 0 fully saturated rings. The van der Waals surface area contributed by atoms with Gasteiger partial charge in [0, 0.05) is 22.3 Å². The zero-order chi connectivity index (χ0) is 40.9. The quantitative estimate of drug-likeness (QED) is 0.0419. The number of nitrogens with zero attached hydrogens (tertiary/aromatic N) is 6. The average Bonchev–Trinajstić information content (AvgIpc) is 3.18. The summed E-state index contributed by atoms with van der Waals surface area (Å²) in [6, 6.07) is 28.3. The summed E-state index contributed by atoms with van der Waals surface area (Å²) in [7, 11) is -8.21. The molecule has 0 aromatic heterocycles. The number of anilines is 2. The van der Waals surface area contributed by atoms with Crippen molar-refractivity contribution in [3.8, 4) is 5.75 Å². The number of azo groups is 3. The first-order valence-corrected chi connectivity index (χ1v) is 20.2. The van der Waals surface area contributed by atoms with Gasteiger partial charge in [-0.1, -0.05) is 13.8 Å². The van der Waals surface area contributed by atoms with Crippen molar-refractivity contribution in [1.29, 1.82) is 0 Å². The SMILES string of the molecule is CCc1cc(N=Nc2c(S(O)(O)O)cc3cc(NC(=O)c4ccc(N)cc4)ccc3c2O)c(CC)cc1N=Nc1ccc(N=Nc2ccc(S(O)(O)O)cc2)cc1. The predicted molar refractivity (Wildman–Crippen MR) is 223 cm³/mol. The number of nitrogens with one attached hydrogen (secondary N) is 1. The minimum Gasteiger partial charge on any atom is -0.505 e. The molecule has 0 heterocycles. The van der Waals surface area contributed by atoms with Crippen LogP contribution in [-0.2, 0) is 12.8 Å². The summed E-state index contributed by atoms with van der Waals surface area (Å²) in [6.45, 7) is 3.85. The summed E-state index contributed by atoms with van der Waals surface area (Å²) in [5.41, 5.74) is 10.7. The maximum absolute atomic E-state index is 12.8. The lowest BCUT2D eigenvalue weighted by Gasteiger charge is -2.22. The molecule has 0 saturated carbocycles. The topological polar surface area (TPSA) is 271 Å². The van der Waals surface area contributed by atoms with Crippen molar-refractivity contribution in [3.05, 3.63) is 126 Å². The van der Waals surface area contributed by atoms with Gasteiger partial charge in [0.25, 0.3) is 5.91 Å². The highest BCUT2D eigenvalue weighted by atomic mass is 32.3. The Morgan fingerprint density at radius 1 is 0.614 bits per heavy atom. The van der Waals surface area contributed by atoms with Gasteiger partial charge in [-0.3, -0.25) is 4.79 Å². The van der Waals surface area contributed by atoms with E-state index in [4.69, 9.17) is 5.73 Å². The van der Waals surface area contributed by atoms with Gasteiger partial charge in [0.1, 0.15) is 27.4 Å². The molecular weight excluding hydrogens is 773 g/mol. The Balaban J connectivity index is 1.23. The number of hydrogen-bond donors (Lipinski definition) is 9. The van der Waals surface area contributed by atoms with Gasteiger partial charge in [0.15, 0.2) is 5.75 Å². The fourth-order valence-electron chi connectivity index (χ4n) is 5.60. The molecule has 16 nitrogen and oxygen atoms in total. The standard InChI is InChI=1S/C39H38N8O8S2/c1-3-23-21-35(24(4-2)20-34(23)45-44-29-11-9-28(10-12-29)42-43-30-13-16-32(17-14-30)56(50,51)52)46-47-37-36(57(53,54)55)22-26-19-31(15-18-33(26)38(37)48)41-39(49)25-5-7-27(40)8-6-25/h5-22,48,50-55H,3-4,40H2,1-2H3,(H,41,49). The Labute approximate surface area is 329 Å². The summed E-state index contributed by atoms with van der Waals surface area (Å²) in [5, 5.41) is 40.3. The number of nitrogen functional groups attached to an aromatic ring is 1. The Morgan fingerprint density at radius 3 is 1.63 bits per heavy atom. The van der Waals surface area contributed by atoms with E-state index in [9.17, 15) is 37.2 Å². The van der Waals surface area contributed by atoms with Crippen LogP contribution in [0, 0.1) is 0 Å². The van der Waals surface area contributed by atoms with Crippen LogP contribution in [0.2, 0.25) is 0 Å². The molecule has 0 atom stereocenters. The van der Waals surface area contributed by atoms with Crippen molar-refractivity contribution in [3.63, 3.8) is 0 Å². The van der Waals surface area contributed by atoms with Gasteiger partial charge in [-0.05, 0) is 139 Å². The summed E-state index contributed by atoms with van der Waals surface area (Å²) in [6.07, 6.45) is 1.07. The number of fused-ring (bicyclic) bond motifs is 1. The molecule has 1 amide bonds. The number of aromatic hydroxyl groups is 1. The third-order valence-corrected chi connectivity index (χ3v) is 10.4. The Kier molecular flexibility index (Phi) is 12.1. The first-order valence-electron chi connectivity index (χ1n) is 17.2. The van der Waals surface area contributed by atoms with E-state index >= 15 is 0 Å². The molecule has 0 bridgehead atoms. The van der Waals surface area contributed by atoms with Crippen molar-refractivity contribution in [2.24, 2.45) is 30.7 Å². The van der Waals surface area contributed by atoms with Gasteiger partial charge >= 0.3 is 0 Å². The largest absolute Gasteiger partial charge is 0.505 e. The van der Waals surface area contributed by atoms with Gasteiger partial charge in [-0.15, -0.1) is 5.11 Å². The van der Waals surface area contributed by atoms with E-state index in [2.05, 4.69) is 36.0 Å². The lowest BCUT2D eigenvalue weighted by atomic mass is 10.0. The number of phenolic OH excluding ortho intramolecular Hbond substituents is 1. The highest BCUT2D eigenvalue weighted by molar-refractivity contribution is 8.19. The third-order valence-electron chi connectivity index (χ3n) is 8.63. The molecule has 6 rings (SSSR count). The maximum atomic E-state index is 12.8. The number of benzene rings is 6. The highest BCUT2D eigenvalue weighted by Crippen LogP contribution is 2.54. The lowest BCUT2D eigenvalue weighted by Crippen LogP contribution is -2.11. The molecule has 0 saturated heterocycles. The average molecular weight is 811 g/mol. The number of carbonyl (C=O) groups is 1. The highest BCUT2D eigenvalue weighted by Gasteiger charge is 2.26. The molecule has 57 heavy (non-hydrogen) atoms. The van der Waals surface area contributed by atoms with E-state index < -0.39 is 38.3 Å². The van der Waals surface area contributed by atoms with Crippen LogP contribution in [0.25, 0.3) is 10.8 Å². The van der Waals surface area contributed by atoms with Crippen LogP contribution >= 0.6 is 21.7 Å². The van der Waals surface area contributed by atoms with E-state index in [1.165, 1.54) is 42.5 Å². The number of aryl methyl sites for hydroxylation is 2. The molecule has 18 heteroatoms. The fraction of sp³-hybridized carbons (Fsp3) is 0.103. The summed E-state index contributed by atoms with van der Waals surface area (Å²) >= 11 is 0. The zero-order valence-electron chi connectivity index (χ0n) is 30.4. The lowest BCUT2D eigenvalue weighted by molar-refractivity contribution is 0.102.